The number of thiophene rings is 1. The molecule has 0 saturated carbocycles. The Kier molecular flexibility index (Phi) is 6.30. The van der Waals surface area contributed by atoms with Crippen molar-refractivity contribution in [3.8, 4) is 0 Å². The van der Waals surface area contributed by atoms with Crippen LogP contribution < -0.4 is 5.32 Å². The predicted molar refractivity (Wildman–Crippen MR) is 70.0 cm³/mol. The van der Waals surface area contributed by atoms with Crippen LogP contribution in [0.3, 0.4) is 0 Å². The van der Waals surface area contributed by atoms with Crippen LogP contribution >= 0.6 is 22.9 Å². The maximum atomic E-state index is 5.86. The van der Waals surface area contributed by atoms with Gasteiger partial charge in [0.1, 0.15) is 0 Å². The fourth-order valence-corrected chi connectivity index (χ4v) is 2.55. The average molecular weight is 246 g/mol. The first kappa shape index (κ1) is 13.0. The second-order valence-corrected chi connectivity index (χ2v) is 6.04. The van der Waals surface area contributed by atoms with Crippen molar-refractivity contribution in [2.45, 2.75) is 33.1 Å². The molecule has 0 spiro atoms. The van der Waals surface area contributed by atoms with Crippen molar-refractivity contribution in [1.82, 2.24) is 5.32 Å². The minimum Gasteiger partial charge on any atom is -0.316 e. The summed E-state index contributed by atoms with van der Waals surface area (Å²) in [5, 5.41) is 3.46. The molecule has 0 aliphatic heterocycles. The van der Waals surface area contributed by atoms with Gasteiger partial charge in [-0.3, -0.25) is 0 Å². The Hall–Kier alpha value is -0.0500. The normalized spacial score (nSPS) is 11.2. The van der Waals surface area contributed by atoms with Gasteiger partial charge < -0.3 is 5.32 Å². The summed E-state index contributed by atoms with van der Waals surface area (Å²) in [6.07, 6.45) is 3.69. The summed E-state index contributed by atoms with van der Waals surface area (Å²) in [4.78, 5) is 1.37. The highest BCUT2D eigenvalue weighted by atomic mass is 35.5. The molecule has 0 atom stereocenters. The van der Waals surface area contributed by atoms with Crippen molar-refractivity contribution in [3.05, 3.63) is 21.3 Å². The maximum Gasteiger partial charge on any atom is 0.0931 e. The van der Waals surface area contributed by atoms with E-state index in [1.165, 1.54) is 17.7 Å². The maximum absolute atomic E-state index is 5.86. The van der Waals surface area contributed by atoms with E-state index in [4.69, 9.17) is 11.6 Å². The van der Waals surface area contributed by atoms with Gasteiger partial charge in [-0.2, -0.15) is 0 Å². The van der Waals surface area contributed by atoms with Crippen LogP contribution in [0.4, 0.5) is 0 Å². The molecule has 86 valence electrons. The van der Waals surface area contributed by atoms with Crippen molar-refractivity contribution < 1.29 is 0 Å². The lowest BCUT2D eigenvalue weighted by Gasteiger charge is -2.05. The molecule has 1 nitrogen and oxygen atoms in total. The fraction of sp³-hybridized carbons (Fsp3) is 0.667. The Morgan fingerprint density at radius 2 is 2.13 bits per heavy atom. The Bertz CT molecular complexity index is 270. The van der Waals surface area contributed by atoms with E-state index in [-0.39, 0.29) is 0 Å². The zero-order valence-electron chi connectivity index (χ0n) is 9.55. The number of halogens is 1. The molecule has 0 aliphatic rings. The first-order chi connectivity index (χ1) is 7.18. The van der Waals surface area contributed by atoms with E-state index in [0.717, 1.165) is 29.8 Å². The quantitative estimate of drug-likeness (QED) is 0.717. The van der Waals surface area contributed by atoms with E-state index < -0.39 is 0 Å². The molecule has 0 aliphatic carbocycles. The van der Waals surface area contributed by atoms with E-state index >= 15 is 0 Å². The summed E-state index contributed by atoms with van der Waals surface area (Å²) in [6.45, 7) is 6.74. The summed E-state index contributed by atoms with van der Waals surface area (Å²) in [6, 6.07) is 4.09. The first-order valence-corrected chi connectivity index (χ1v) is 6.83. The molecule has 0 fully saturated rings. The monoisotopic (exact) mass is 245 g/mol. The largest absolute Gasteiger partial charge is 0.316 e. The summed E-state index contributed by atoms with van der Waals surface area (Å²) in [7, 11) is 0. The van der Waals surface area contributed by atoms with E-state index in [0.29, 0.717) is 0 Å². The van der Waals surface area contributed by atoms with Crippen molar-refractivity contribution in [2.75, 3.05) is 13.1 Å². The van der Waals surface area contributed by atoms with Crippen LogP contribution in [0.1, 0.15) is 31.6 Å². The summed E-state index contributed by atoms with van der Waals surface area (Å²) < 4.78 is 0.893. The third-order valence-corrected chi connectivity index (χ3v) is 3.60. The number of rotatable bonds is 7. The van der Waals surface area contributed by atoms with Crippen LogP contribution in [0.2, 0.25) is 4.34 Å². The molecule has 1 aromatic heterocycles. The molecule has 0 saturated heterocycles. The third-order valence-electron chi connectivity index (χ3n) is 2.31. The lowest BCUT2D eigenvalue weighted by Crippen LogP contribution is -2.18. The molecular formula is C12H20ClNS. The van der Waals surface area contributed by atoms with Crippen LogP contribution in [0.25, 0.3) is 0 Å². The molecule has 0 bridgehead atoms. The third kappa shape index (κ3) is 6.18. The lowest BCUT2D eigenvalue weighted by molar-refractivity contribution is 0.529. The van der Waals surface area contributed by atoms with E-state index in [9.17, 15) is 0 Å². The molecule has 1 N–H and O–H groups in total. The Morgan fingerprint density at radius 3 is 2.73 bits per heavy atom. The van der Waals surface area contributed by atoms with Gasteiger partial charge in [-0.25, -0.2) is 0 Å². The smallest absolute Gasteiger partial charge is 0.0931 e. The molecule has 3 heteroatoms. The van der Waals surface area contributed by atoms with E-state index in [2.05, 4.69) is 25.2 Å². The molecule has 0 unspecified atom stereocenters. The van der Waals surface area contributed by atoms with Crippen molar-refractivity contribution in [3.63, 3.8) is 0 Å². The standard InChI is InChI=1S/C12H20ClNS/c1-10(2)4-3-8-14-9-7-11-5-6-12(13)15-11/h5-6,10,14H,3-4,7-9H2,1-2H3. The zero-order chi connectivity index (χ0) is 11.1. The van der Waals surface area contributed by atoms with Gasteiger partial charge in [0.2, 0.25) is 0 Å². The molecule has 1 aromatic rings. The topological polar surface area (TPSA) is 12.0 Å². The number of nitrogens with one attached hydrogen (secondary N) is 1. The highest BCUT2D eigenvalue weighted by Gasteiger charge is 1.97. The minimum absolute atomic E-state index is 0.822. The van der Waals surface area contributed by atoms with Crippen molar-refractivity contribution in [1.29, 1.82) is 0 Å². The van der Waals surface area contributed by atoms with Gasteiger partial charge in [-0.1, -0.05) is 25.4 Å². The first-order valence-electron chi connectivity index (χ1n) is 5.63. The van der Waals surface area contributed by atoms with Gasteiger partial charge in [0.25, 0.3) is 0 Å². The summed E-state index contributed by atoms with van der Waals surface area (Å²) >= 11 is 7.54. The van der Waals surface area contributed by atoms with E-state index in [1.54, 1.807) is 11.3 Å². The van der Waals surface area contributed by atoms with Gasteiger partial charge in [0.15, 0.2) is 0 Å². The van der Waals surface area contributed by atoms with Crippen LogP contribution in [0.15, 0.2) is 12.1 Å². The molecular weight excluding hydrogens is 226 g/mol. The summed E-state index contributed by atoms with van der Waals surface area (Å²) in [5.41, 5.74) is 0. The van der Waals surface area contributed by atoms with Crippen LogP contribution in [-0.2, 0) is 6.42 Å². The van der Waals surface area contributed by atoms with Crippen LogP contribution in [0, 0.1) is 5.92 Å². The Morgan fingerprint density at radius 1 is 1.33 bits per heavy atom. The second kappa shape index (κ2) is 7.26. The minimum atomic E-state index is 0.822. The predicted octanol–water partition coefficient (Wildman–Crippen LogP) is 3.97. The zero-order valence-corrected chi connectivity index (χ0v) is 11.1. The van der Waals surface area contributed by atoms with Crippen LogP contribution in [0.5, 0.6) is 0 Å². The Balaban J connectivity index is 1.98. The molecule has 0 aromatic carbocycles. The van der Waals surface area contributed by atoms with Gasteiger partial charge in [-0.05, 0) is 50.4 Å². The summed E-state index contributed by atoms with van der Waals surface area (Å²) in [5.74, 6) is 0.822. The fourth-order valence-electron chi connectivity index (χ4n) is 1.46. The lowest BCUT2D eigenvalue weighted by atomic mass is 10.1. The molecule has 0 amide bonds. The number of hydrogen-bond donors (Lipinski definition) is 1. The molecule has 0 radical (unpaired) electrons. The molecule has 1 heterocycles. The highest BCUT2D eigenvalue weighted by molar-refractivity contribution is 7.16. The van der Waals surface area contributed by atoms with E-state index in [1.807, 2.05) is 6.07 Å². The van der Waals surface area contributed by atoms with Crippen LogP contribution in [-0.4, -0.2) is 13.1 Å². The highest BCUT2D eigenvalue weighted by Crippen LogP contribution is 2.21. The van der Waals surface area contributed by atoms with Crippen molar-refractivity contribution >= 4 is 22.9 Å². The van der Waals surface area contributed by atoms with Crippen molar-refractivity contribution in [2.24, 2.45) is 5.92 Å². The van der Waals surface area contributed by atoms with Gasteiger partial charge in [0.05, 0.1) is 4.34 Å². The SMILES string of the molecule is CC(C)CCCNCCc1ccc(Cl)s1. The second-order valence-electron chi connectivity index (χ2n) is 4.24. The van der Waals surface area contributed by atoms with Gasteiger partial charge in [-0.15, -0.1) is 11.3 Å². The number of hydrogen-bond acceptors (Lipinski definition) is 2. The average Bonchev–Trinajstić information content (AvgIpc) is 2.57. The molecule has 1 rings (SSSR count). The Labute approximate surface area is 102 Å². The van der Waals surface area contributed by atoms with Gasteiger partial charge in [0, 0.05) is 4.88 Å². The molecule has 15 heavy (non-hydrogen) atoms. The van der Waals surface area contributed by atoms with Gasteiger partial charge >= 0.3 is 0 Å².